The van der Waals surface area contributed by atoms with Crippen molar-refractivity contribution in [1.29, 1.82) is 0 Å². The Morgan fingerprint density at radius 3 is 2.64 bits per heavy atom. The first-order chi connectivity index (χ1) is 6.90. The lowest BCUT2D eigenvalue weighted by atomic mass is 10.3. The van der Waals surface area contributed by atoms with Crippen LogP contribution in [0.1, 0.15) is 19.0 Å². The molecular formula is C12H14N2. The highest BCUT2D eigenvalue weighted by Crippen LogP contribution is 2.07. The van der Waals surface area contributed by atoms with Gasteiger partial charge in [0.2, 0.25) is 0 Å². The summed E-state index contributed by atoms with van der Waals surface area (Å²) in [4.78, 5) is 0. The molecule has 0 N–H and O–H groups in total. The average molecular weight is 186 g/mol. The predicted octanol–water partition coefficient (Wildman–Crippen LogP) is 2.82. The fourth-order valence-electron chi connectivity index (χ4n) is 1.48. The third-order valence-corrected chi connectivity index (χ3v) is 2.17. The van der Waals surface area contributed by atoms with Crippen molar-refractivity contribution in [3.63, 3.8) is 0 Å². The molecule has 0 atom stereocenters. The van der Waals surface area contributed by atoms with Gasteiger partial charge in [-0.25, -0.2) is 4.68 Å². The number of benzene rings is 1. The number of hydrogen-bond donors (Lipinski definition) is 0. The molecule has 0 radical (unpaired) electrons. The van der Waals surface area contributed by atoms with Gasteiger partial charge in [-0.3, -0.25) is 0 Å². The summed E-state index contributed by atoms with van der Waals surface area (Å²) in [5, 5.41) is 4.49. The van der Waals surface area contributed by atoms with E-state index in [0.29, 0.717) is 0 Å². The van der Waals surface area contributed by atoms with E-state index in [1.165, 1.54) is 0 Å². The summed E-state index contributed by atoms with van der Waals surface area (Å²) in [6.45, 7) is 2.17. The molecule has 1 aromatic heterocycles. The largest absolute Gasteiger partial charge is 0.241 e. The fraction of sp³-hybridized carbons (Fsp3) is 0.250. The van der Waals surface area contributed by atoms with E-state index in [1.54, 1.807) is 0 Å². The highest BCUT2D eigenvalue weighted by Gasteiger charge is 1.98. The van der Waals surface area contributed by atoms with Crippen molar-refractivity contribution in [1.82, 2.24) is 9.78 Å². The summed E-state index contributed by atoms with van der Waals surface area (Å²) in [5.74, 6) is 0. The van der Waals surface area contributed by atoms with Gasteiger partial charge < -0.3 is 0 Å². The minimum absolute atomic E-state index is 1.06. The molecule has 2 aromatic rings. The maximum atomic E-state index is 4.49. The van der Waals surface area contributed by atoms with Crippen LogP contribution in [0.3, 0.4) is 0 Å². The Morgan fingerprint density at radius 2 is 1.93 bits per heavy atom. The molecule has 1 heterocycles. The molecule has 2 rings (SSSR count). The topological polar surface area (TPSA) is 17.8 Å². The van der Waals surface area contributed by atoms with E-state index in [0.717, 1.165) is 24.2 Å². The summed E-state index contributed by atoms with van der Waals surface area (Å²) >= 11 is 0. The molecule has 0 bridgehead atoms. The molecule has 0 aliphatic heterocycles. The SMILES string of the molecule is CCCc1ccn(-c2ccccc2)n1. The molecule has 0 saturated carbocycles. The van der Waals surface area contributed by atoms with Gasteiger partial charge >= 0.3 is 0 Å². The maximum absolute atomic E-state index is 4.49. The lowest BCUT2D eigenvalue weighted by Crippen LogP contribution is -1.95. The average Bonchev–Trinajstić information content (AvgIpc) is 2.68. The van der Waals surface area contributed by atoms with Gasteiger partial charge in [0.1, 0.15) is 0 Å². The predicted molar refractivity (Wildman–Crippen MR) is 57.6 cm³/mol. The van der Waals surface area contributed by atoms with E-state index in [2.05, 4.69) is 30.2 Å². The first kappa shape index (κ1) is 9.00. The Labute approximate surface area is 84.2 Å². The number of para-hydroxylation sites is 1. The smallest absolute Gasteiger partial charge is 0.0645 e. The lowest BCUT2D eigenvalue weighted by molar-refractivity contribution is 0.807. The van der Waals surface area contributed by atoms with Crippen LogP contribution in [0, 0.1) is 0 Å². The van der Waals surface area contributed by atoms with Crippen LogP contribution >= 0.6 is 0 Å². The van der Waals surface area contributed by atoms with E-state index in [-0.39, 0.29) is 0 Å². The highest BCUT2D eigenvalue weighted by molar-refractivity contribution is 5.30. The number of aryl methyl sites for hydroxylation is 1. The van der Waals surface area contributed by atoms with Crippen LogP contribution in [0.5, 0.6) is 0 Å². The Balaban J connectivity index is 2.25. The quantitative estimate of drug-likeness (QED) is 0.720. The van der Waals surface area contributed by atoms with Gasteiger partial charge in [-0.05, 0) is 24.6 Å². The van der Waals surface area contributed by atoms with E-state index in [9.17, 15) is 0 Å². The van der Waals surface area contributed by atoms with E-state index in [1.807, 2.05) is 29.1 Å². The van der Waals surface area contributed by atoms with Gasteiger partial charge in [-0.2, -0.15) is 5.10 Å². The molecule has 0 fully saturated rings. The standard InChI is InChI=1S/C12H14N2/c1-2-6-11-9-10-14(13-11)12-7-4-3-5-8-12/h3-5,7-10H,2,6H2,1H3. The van der Waals surface area contributed by atoms with Gasteiger partial charge in [0, 0.05) is 6.20 Å². The van der Waals surface area contributed by atoms with Crippen LogP contribution in [0.2, 0.25) is 0 Å². The number of aromatic nitrogens is 2. The van der Waals surface area contributed by atoms with Crippen molar-refractivity contribution in [3.8, 4) is 5.69 Å². The third kappa shape index (κ3) is 1.84. The van der Waals surface area contributed by atoms with Gasteiger partial charge in [0.25, 0.3) is 0 Å². The van der Waals surface area contributed by atoms with Crippen molar-refractivity contribution in [2.24, 2.45) is 0 Å². The summed E-state index contributed by atoms with van der Waals surface area (Å²) in [5.41, 5.74) is 2.28. The molecule has 0 spiro atoms. The zero-order valence-electron chi connectivity index (χ0n) is 8.35. The molecular weight excluding hydrogens is 172 g/mol. The normalized spacial score (nSPS) is 10.4. The maximum Gasteiger partial charge on any atom is 0.0645 e. The zero-order valence-corrected chi connectivity index (χ0v) is 8.35. The molecule has 0 unspecified atom stereocenters. The monoisotopic (exact) mass is 186 g/mol. The Kier molecular flexibility index (Phi) is 2.63. The molecule has 2 nitrogen and oxygen atoms in total. The molecule has 0 amide bonds. The van der Waals surface area contributed by atoms with Crippen molar-refractivity contribution < 1.29 is 0 Å². The second-order valence-corrected chi connectivity index (χ2v) is 3.34. The van der Waals surface area contributed by atoms with Crippen LogP contribution in [0.15, 0.2) is 42.6 Å². The molecule has 0 saturated heterocycles. The van der Waals surface area contributed by atoms with Crippen molar-refractivity contribution in [2.75, 3.05) is 0 Å². The van der Waals surface area contributed by atoms with Crippen molar-refractivity contribution >= 4 is 0 Å². The highest BCUT2D eigenvalue weighted by atomic mass is 15.3. The van der Waals surface area contributed by atoms with E-state index >= 15 is 0 Å². The molecule has 2 heteroatoms. The molecule has 72 valence electrons. The van der Waals surface area contributed by atoms with E-state index < -0.39 is 0 Å². The van der Waals surface area contributed by atoms with Crippen LogP contribution in [0.25, 0.3) is 5.69 Å². The van der Waals surface area contributed by atoms with Gasteiger partial charge in [-0.15, -0.1) is 0 Å². The first-order valence-electron chi connectivity index (χ1n) is 5.00. The first-order valence-corrected chi connectivity index (χ1v) is 5.00. The molecule has 1 aromatic carbocycles. The summed E-state index contributed by atoms with van der Waals surface area (Å²) in [6.07, 6.45) is 4.21. The third-order valence-electron chi connectivity index (χ3n) is 2.17. The van der Waals surface area contributed by atoms with Crippen molar-refractivity contribution in [2.45, 2.75) is 19.8 Å². The second kappa shape index (κ2) is 4.09. The van der Waals surface area contributed by atoms with Crippen LogP contribution < -0.4 is 0 Å². The minimum atomic E-state index is 1.06. The van der Waals surface area contributed by atoms with Gasteiger partial charge in [-0.1, -0.05) is 31.5 Å². The lowest BCUT2D eigenvalue weighted by Gasteiger charge is -1.99. The van der Waals surface area contributed by atoms with Crippen LogP contribution in [0.4, 0.5) is 0 Å². The van der Waals surface area contributed by atoms with Crippen molar-refractivity contribution in [3.05, 3.63) is 48.3 Å². The Morgan fingerprint density at radius 1 is 1.14 bits per heavy atom. The number of rotatable bonds is 3. The molecule has 0 aliphatic rings. The van der Waals surface area contributed by atoms with E-state index in [4.69, 9.17) is 0 Å². The number of nitrogens with zero attached hydrogens (tertiary/aromatic N) is 2. The number of hydrogen-bond acceptors (Lipinski definition) is 1. The molecule has 0 aliphatic carbocycles. The fourth-order valence-corrected chi connectivity index (χ4v) is 1.48. The molecule has 14 heavy (non-hydrogen) atoms. The summed E-state index contributed by atoms with van der Waals surface area (Å²) in [6, 6.07) is 12.3. The summed E-state index contributed by atoms with van der Waals surface area (Å²) in [7, 11) is 0. The van der Waals surface area contributed by atoms with Gasteiger partial charge in [0.05, 0.1) is 11.4 Å². The Bertz CT molecular complexity index is 390. The van der Waals surface area contributed by atoms with Gasteiger partial charge in [0.15, 0.2) is 0 Å². The zero-order chi connectivity index (χ0) is 9.80. The van der Waals surface area contributed by atoms with Crippen LogP contribution in [-0.4, -0.2) is 9.78 Å². The summed E-state index contributed by atoms with van der Waals surface area (Å²) < 4.78 is 1.92. The van der Waals surface area contributed by atoms with Crippen LogP contribution in [-0.2, 0) is 6.42 Å². The second-order valence-electron chi connectivity index (χ2n) is 3.34. The minimum Gasteiger partial charge on any atom is -0.241 e. The Hall–Kier alpha value is -1.57.